The Hall–Kier alpha value is -1.07. The van der Waals surface area contributed by atoms with Gasteiger partial charge in [0.15, 0.2) is 9.84 Å². The number of unbranched alkanes of at least 4 members (excludes halogenated alkanes) is 1. The molecule has 19 heavy (non-hydrogen) atoms. The number of sulfone groups is 1. The summed E-state index contributed by atoms with van der Waals surface area (Å²) in [7, 11) is -3.18. The molecule has 4 nitrogen and oxygen atoms in total. The number of para-hydroxylation sites is 1. The molecular formula is C14H23NO3S. The molecule has 0 amide bonds. The highest BCUT2D eigenvalue weighted by atomic mass is 32.2. The van der Waals surface area contributed by atoms with Crippen molar-refractivity contribution in [3.05, 3.63) is 24.3 Å². The molecule has 0 radical (unpaired) electrons. The molecule has 0 saturated carbocycles. The number of nitrogens with one attached hydrogen (secondary N) is 1. The predicted octanol–water partition coefficient (Wildman–Crippen LogP) is 2.71. The van der Waals surface area contributed by atoms with Crippen molar-refractivity contribution >= 4 is 15.5 Å². The van der Waals surface area contributed by atoms with Gasteiger partial charge in [-0.2, -0.15) is 0 Å². The largest absolute Gasteiger partial charge is 0.382 e. The quantitative estimate of drug-likeness (QED) is 0.709. The third kappa shape index (κ3) is 5.20. The highest BCUT2D eigenvalue weighted by Crippen LogP contribution is 2.21. The third-order valence-corrected chi connectivity index (χ3v) is 4.59. The molecule has 5 heteroatoms. The Morgan fingerprint density at radius 3 is 2.58 bits per heavy atom. The molecule has 0 spiro atoms. The lowest BCUT2D eigenvalue weighted by atomic mass is 10.3. The van der Waals surface area contributed by atoms with E-state index >= 15 is 0 Å². The minimum absolute atomic E-state index is 0.110. The maximum absolute atomic E-state index is 11.9. The number of benzene rings is 1. The van der Waals surface area contributed by atoms with E-state index in [0.29, 0.717) is 23.7 Å². The molecule has 1 aromatic carbocycles. The first-order chi connectivity index (χ1) is 9.11. The van der Waals surface area contributed by atoms with Crippen molar-refractivity contribution < 1.29 is 13.2 Å². The topological polar surface area (TPSA) is 55.4 Å². The van der Waals surface area contributed by atoms with E-state index in [1.54, 1.807) is 25.1 Å². The molecule has 0 atom stereocenters. The fourth-order valence-electron chi connectivity index (χ4n) is 1.65. The molecule has 0 aliphatic heterocycles. The minimum Gasteiger partial charge on any atom is -0.382 e. The zero-order valence-electron chi connectivity index (χ0n) is 11.7. The van der Waals surface area contributed by atoms with Gasteiger partial charge in [0.05, 0.1) is 22.9 Å². The highest BCUT2D eigenvalue weighted by molar-refractivity contribution is 7.91. The molecule has 1 aromatic rings. The Morgan fingerprint density at radius 1 is 1.16 bits per heavy atom. The first-order valence-corrected chi connectivity index (χ1v) is 8.40. The Bertz CT molecular complexity index is 471. The van der Waals surface area contributed by atoms with Crippen LogP contribution < -0.4 is 5.32 Å². The first-order valence-electron chi connectivity index (χ1n) is 6.75. The zero-order chi connectivity index (χ0) is 14.1. The van der Waals surface area contributed by atoms with Crippen LogP contribution in [0, 0.1) is 0 Å². The van der Waals surface area contributed by atoms with E-state index in [0.717, 1.165) is 19.4 Å². The van der Waals surface area contributed by atoms with E-state index < -0.39 is 9.84 Å². The summed E-state index contributed by atoms with van der Waals surface area (Å²) in [4.78, 5) is 0.367. The third-order valence-electron chi connectivity index (χ3n) is 2.81. The molecule has 0 aliphatic rings. The van der Waals surface area contributed by atoms with Crippen LogP contribution in [-0.2, 0) is 14.6 Å². The van der Waals surface area contributed by atoms with Crippen molar-refractivity contribution in [1.29, 1.82) is 0 Å². The summed E-state index contributed by atoms with van der Waals surface area (Å²) in [5, 5.41) is 3.13. The molecular weight excluding hydrogens is 262 g/mol. The first kappa shape index (κ1) is 16.0. The van der Waals surface area contributed by atoms with E-state index in [9.17, 15) is 8.42 Å². The summed E-state index contributed by atoms with van der Waals surface area (Å²) < 4.78 is 29.3. The van der Waals surface area contributed by atoms with Crippen LogP contribution in [0.1, 0.15) is 26.7 Å². The summed E-state index contributed by atoms with van der Waals surface area (Å²) in [6.45, 7) is 5.72. The van der Waals surface area contributed by atoms with Crippen molar-refractivity contribution in [2.24, 2.45) is 0 Å². The predicted molar refractivity (Wildman–Crippen MR) is 78.4 cm³/mol. The summed E-state index contributed by atoms with van der Waals surface area (Å²) in [6.07, 6.45) is 2.17. The summed E-state index contributed by atoms with van der Waals surface area (Å²) in [5.41, 5.74) is 0.656. The maximum atomic E-state index is 11.9. The lowest BCUT2D eigenvalue weighted by Gasteiger charge is -2.11. The number of anilines is 1. The average molecular weight is 285 g/mol. The van der Waals surface area contributed by atoms with Gasteiger partial charge in [0.25, 0.3) is 0 Å². The Kier molecular flexibility index (Phi) is 6.87. The van der Waals surface area contributed by atoms with Gasteiger partial charge >= 0.3 is 0 Å². The number of ether oxygens (including phenoxy) is 1. The van der Waals surface area contributed by atoms with Crippen LogP contribution >= 0.6 is 0 Å². The number of hydrogen-bond acceptors (Lipinski definition) is 4. The van der Waals surface area contributed by atoms with E-state index in [2.05, 4.69) is 12.2 Å². The van der Waals surface area contributed by atoms with Gasteiger partial charge in [0, 0.05) is 13.2 Å². The standard InChI is InChI=1S/C14H23NO3S/c1-3-5-11-18-12-10-15-13-8-6-7-9-14(13)19(16,17)4-2/h6-9,15H,3-5,10-12H2,1-2H3. The van der Waals surface area contributed by atoms with Crippen LogP contribution in [0.3, 0.4) is 0 Å². The van der Waals surface area contributed by atoms with Gasteiger partial charge in [-0.05, 0) is 18.6 Å². The van der Waals surface area contributed by atoms with Gasteiger partial charge in [-0.3, -0.25) is 0 Å². The van der Waals surface area contributed by atoms with Gasteiger partial charge < -0.3 is 10.1 Å². The van der Waals surface area contributed by atoms with Gasteiger partial charge in [-0.15, -0.1) is 0 Å². The molecule has 0 bridgehead atoms. The Balaban J connectivity index is 2.55. The second-order valence-electron chi connectivity index (χ2n) is 4.29. The van der Waals surface area contributed by atoms with Crippen molar-refractivity contribution in [3.8, 4) is 0 Å². The van der Waals surface area contributed by atoms with Gasteiger partial charge in [0.1, 0.15) is 0 Å². The SMILES string of the molecule is CCCCOCCNc1ccccc1S(=O)(=O)CC. The smallest absolute Gasteiger partial charge is 0.180 e. The fourth-order valence-corrected chi connectivity index (χ4v) is 2.72. The second-order valence-corrected chi connectivity index (χ2v) is 6.54. The normalized spacial score (nSPS) is 11.5. The maximum Gasteiger partial charge on any atom is 0.180 e. The van der Waals surface area contributed by atoms with E-state index in [-0.39, 0.29) is 5.75 Å². The van der Waals surface area contributed by atoms with Crippen LogP contribution in [0.2, 0.25) is 0 Å². The monoisotopic (exact) mass is 285 g/mol. The highest BCUT2D eigenvalue weighted by Gasteiger charge is 2.15. The van der Waals surface area contributed by atoms with E-state index in [4.69, 9.17) is 4.74 Å². The fraction of sp³-hybridized carbons (Fsp3) is 0.571. The van der Waals surface area contributed by atoms with Crippen molar-refractivity contribution in [1.82, 2.24) is 0 Å². The molecule has 0 aliphatic carbocycles. The van der Waals surface area contributed by atoms with Gasteiger partial charge in [-0.1, -0.05) is 32.4 Å². The van der Waals surface area contributed by atoms with Crippen LogP contribution in [0.25, 0.3) is 0 Å². The summed E-state index contributed by atoms with van der Waals surface area (Å²) in [6, 6.07) is 6.99. The lowest BCUT2D eigenvalue weighted by molar-refractivity contribution is 0.141. The molecule has 1 rings (SSSR count). The average Bonchev–Trinajstić information content (AvgIpc) is 2.43. The molecule has 0 saturated heterocycles. The number of hydrogen-bond donors (Lipinski definition) is 1. The van der Waals surface area contributed by atoms with Crippen molar-refractivity contribution in [2.45, 2.75) is 31.6 Å². The number of rotatable bonds is 9. The van der Waals surface area contributed by atoms with Gasteiger partial charge in [0.2, 0.25) is 0 Å². The van der Waals surface area contributed by atoms with Crippen LogP contribution in [0.5, 0.6) is 0 Å². The van der Waals surface area contributed by atoms with Crippen molar-refractivity contribution in [3.63, 3.8) is 0 Å². The molecule has 0 aromatic heterocycles. The summed E-state index contributed by atoms with van der Waals surface area (Å²) >= 11 is 0. The van der Waals surface area contributed by atoms with Gasteiger partial charge in [-0.25, -0.2) is 8.42 Å². The Labute approximate surface area is 116 Å². The molecule has 0 unspecified atom stereocenters. The second kappa shape index (κ2) is 8.17. The molecule has 0 heterocycles. The lowest BCUT2D eigenvalue weighted by Crippen LogP contribution is -2.13. The molecule has 108 valence electrons. The van der Waals surface area contributed by atoms with E-state index in [1.807, 2.05) is 6.07 Å². The molecule has 0 fully saturated rings. The van der Waals surface area contributed by atoms with Crippen LogP contribution in [0.4, 0.5) is 5.69 Å². The Morgan fingerprint density at radius 2 is 1.89 bits per heavy atom. The van der Waals surface area contributed by atoms with E-state index in [1.165, 1.54) is 0 Å². The molecule has 1 N–H and O–H groups in total. The van der Waals surface area contributed by atoms with Crippen LogP contribution in [-0.4, -0.2) is 33.9 Å². The minimum atomic E-state index is -3.18. The zero-order valence-corrected chi connectivity index (χ0v) is 12.5. The summed E-state index contributed by atoms with van der Waals surface area (Å²) in [5.74, 6) is 0.110. The van der Waals surface area contributed by atoms with Crippen LogP contribution in [0.15, 0.2) is 29.2 Å². The van der Waals surface area contributed by atoms with Crippen molar-refractivity contribution in [2.75, 3.05) is 30.8 Å².